The van der Waals surface area contributed by atoms with Gasteiger partial charge in [-0.3, -0.25) is 9.36 Å². The molecule has 0 bridgehead atoms. The summed E-state index contributed by atoms with van der Waals surface area (Å²) in [7, 11) is 0. The largest absolute Gasteiger partial charge is 0.361 e. The van der Waals surface area contributed by atoms with Crippen LogP contribution in [0.5, 0.6) is 0 Å². The van der Waals surface area contributed by atoms with Crippen LogP contribution in [0.15, 0.2) is 56.9 Å². The molecule has 4 aromatic rings. The van der Waals surface area contributed by atoms with Crippen LogP contribution in [0, 0.1) is 20.8 Å². The summed E-state index contributed by atoms with van der Waals surface area (Å²) in [5.41, 5.74) is 4.19. The van der Waals surface area contributed by atoms with Gasteiger partial charge in [0, 0.05) is 16.3 Å². The summed E-state index contributed by atoms with van der Waals surface area (Å²) < 4.78 is 6.91. The summed E-state index contributed by atoms with van der Waals surface area (Å²) in [6, 6.07) is 13.0. The van der Waals surface area contributed by atoms with Crippen LogP contribution in [0.2, 0.25) is 5.02 Å². The smallest absolute Gasteiger partial charge is 0.266 e. The predicted molar refractivity (Wildman–Crippen MR) is 113 cm³/mol. The highest BCUT2D eigenvalue weighted by atomic mass is 35.5. The van der Waals surface area contributed by atoms with E-state index in [2.05, 4.69) is 5.16 Å². The maximum Gasteiger partial charge on any atom is 0.266 e. The Morgan fingerprint density at radius 2 is 1.96 bits per heavy atom. The van der Waals surface area contributed by atoms with Crippen molar-refractivity contribution in [2.45, 2.75) is 31.7 Å². The predicted octanol–water partition coefficient (Wildman–Crippen LogP) is 5.24. The molecule has 142 valence electrons. The number of fused-ring (bicyclic) bond motifs is 1. The third-order valence-corrected chi connectivity index (χ3v) is 5.79. The van der Waals surface area contributed by atoms with Crippen LogP contribution >= 0.6 is 23.4 Å². The molecule has 28 heavy (non-hydrogen) atoms. The van der Waals surface area contributed by atoms with Gasteiger partial charge in [0.2, 0.25) is 0 Å². The van der Waals surface area contributed by atoms with Gasteiger partial charge in [-0.25, -0.2) is 4.98 Å². The summed E-state index contributed by atoms with van der Waals surface area (Å²) in [6.45, 7) is 5.80. The van der Waals surface area contributed by atoms with E-state index in [0.717, 1.165) is 28.3 Å². The van der Waals surface area contributed by atoms with Crippen LogP contribution < -0.4 is 5.56 Å². The molecule has 0 spiro atoms. The molecule has 0 aliphatic heterocycles. The second kappa shape index (κ2) is 7.45. The van der Waals surface area contributed by atoms with Crippen LogP contribution in [0.3, 0.4) is 0 Å². The van der Waals surface area contributed by atoms with Crippen LogP contribution in [0.1, 0.15) is 22.6 Å². The number of halogens is 1. The summed E-state index contributed by atoms with van der Waals surface area (Å²) in [5, 5.41) is 5.69. The molecule has 0 aliphatic rings. The molecule has 0 fully saturated rings. The van der Waals surface area contributed by atoms with Crippen molar-refractivity contribution < 1.29 is 4.52 Å². The number of hydrogen-bond donors (Lipinski definition) is 0. The van der Waals surface area contributed by atoms with Gasteiger partial charge in [-0.1, -0.05) is 40.7 Å². The third-order valence-electron chi connectivity index (χ3n) is 4.59. The second-order valence-corrected chi connectivity index (χ2v) is 8.01. The molecule has 0 amide bonds. The maximum absolute atomic E-state index is 13.3. The molecule has 0 aliphatic carbocycles. The average molecular weight is 412 g/mol. The van der Waals surface area contributed by atoms with Gasteiger partial charge in [0.15, 0.2) is 5.16 Å². The summed E-state index contributed by atoms with van der Waals surface area (Å²) in [6.07, 6.45) is 0. The van der Waals surface area contributed by atoms with Crippen LogP contribution in [-0.4, -0.2) is 14.7 Å². The van der Waals surface area contributed by atoms with Gasteiger partial charge < -0.3 is 4.52 Å². The van der Waals surface area contributed by atoms with E-state index in [-0.39, 0.29) is 5.56 Å². The highest BCUT2D eigenvalue weighted by Gasteiger charge is 2.16. The molecular weight excluding hydrogens is 394 g/mol. The third kappa shape index (κ3) is 3.45. The second-order valence-electron chi connectivity index (χ2n) is 6.63. The molecule has 4 rings (SSSR count). The van der Waals surface area contributed by atoms with E-state index in [4.69, 9.17) is 21.1 Å². The zero-order valence-corrected chi connectivity index (χ0v) is 17.3. The van der Waals surface area contributed by atoms with E-state index in [0.29, 0.717) is 26.8 Å². The van der Waals surface area contributed by atoms with Crippen molar-refractivity contribution in [3.8, 4) is 5.69 Å². The average Bonchev–Trinajstić information content (AvgIpc) is 2.97. The van der Waals surface area contributed by atoms with Crippen molar-refractivity contribution in [3.05, 3.63) is 80.4 Å². The Kier molecular flexibility index (Phi) is 5.00. The van der Waals surface area contributed by atoms with E-state index in [1.54, 1.807) is 22.8 Å². The lowest BCUT2D eigenvalue weighted by Crippen LogP contribution is -2.21. The molecule has 0 saturated heterocycles. The monoisotopic (exact) mass is 411 g/mol. The summed E-state index contributed by atoms with van der Waals surface area (Å²) >= 11 is 7.60. The van der Waals surface area contributed by atoms with Crippen LogP contribution in [0.4, 0.5) is 0 Å². The fourth-order valence-corrected chi connectivity index (χ4v) is 4.41. The Morgan fingerprint density at radius 3 is 2.68 bits per heavy atom. The molecular formula is C21H18ClN3O2S. The number of aryl methyl sites for hydroxylation is 3. The molecule has 2 aromatic heterocycles. The highest BCUT2D eigenvalue weighted by Crippen LogP contribution is 2.28. The summed E-state index contributed by atoms with van der Waals surface area (Å²) in [4.78, 5) is 18.1. The standard InChI is InChI=1S/C21H18ClN3O2S/c1-12-5-4-6-16(9-12)25-20(26)17-8-7-15(22)10-19(17)23-21(25)28-11-18-13(2)24-27-14(18)3/h4-10H,11H2,1-3H3. The van der Waals surface area contributed by atoms with Gasteiger partial charge >= 0.3 is 0 Å². The van der Waals surface area contributed by atoms with E-state index < -0.39 is 0 Å². The van der Waals surface area contributed by atoms with E-state index in [1.165, 1.54) is 11.8 Å². The van der Waals surface area contributed by atoms with E-state index in [1.807, 2.05) is 45.0 Å². The molecule has 0 saturated carbocycles. The molecule has 2 heterocycles. The molecule has 2 aromatic carbocycles. The van der Waals surface area contributed by atoms with Crippen LogP contribution in [0.25, 0.3) is 16.6 Å². The number of benzene rings is 2. The SMILES string of the molecule is Cc1cccc(-n2c(SCc3c(C)noc3C)nc3cc(Cl)ccc3c2=O)c1. The minimum absolute atomic E-state index is 0.117. The topological polar surface area (TPSA) is 60.9 Å². The lowest BCUT2D eigenvalue weighted by molar-refractivity contribution is 0.392. The van der Waals surface area contributed by atoms with Crippen molar-refractivity contribution in [1.29, 1.82) is 0 Å². The Balaban J connectivity index is 1.89. The number of hydrogen-bond acceptors (Lipinski definition) is 5. The van der Waals surface area contributed by atoms with Gasteiger partial charge in [-0.15, -0.1) is 0 Å². The first kappa shape index (κ1) is 18.8. The van der Waals surface area contributed by atoms with Crippen molar-refractivity contribution in [3.63, 3.8) is 0 Å². The van der Waals surface area contributed by atoms with E-state index >= 15 is 0 Å². The Labute approximate surface area is 171 Å². The Hall–Kier alpha value is -2.57. The van der Waals surface area contributed by atoms with Crippen LogP contribution in [-0.2, 0) is 5.75 Å². The quantitative estimate of drug-likeness (QED) is 0.339. The lowest BCUT2D eigenvalue weighted by atomic mass is 10.2. The zero-order valence-electron chi connectivity index (χ0n) is 15.7. The fourth-order valence-electron chi connectivity index (χ4n) is 3.07. The van der Waals surface area contributed by atoms with Crippen molar-refractivity contribution >= 4 is 34.3 Å². The molecule has 0 N–H and O–H groups in total. The number of rotatable bonds is 4. The number of thioether (sulfide) groups is 1. The summed E-state index contributed by atoms with van der Waals surface area (Å²) in [5.74, 6) is 1.38. The molecule has 0 unspecified atom stereocenters. The van der Waals surface area contributed by atoms with Gasteiger partial charge in [-0.2, -0.15) is 0 Å². The van der Waals surface area contributed by atoms with Crippen molar-refractivity contribution in [2.75, 3.05) is 0 Å². The molecule has 7 heteroatoms. The fraction of sp³-hybridized carbons (Fsp3) is 0.190. The molecule has 0 radical (unpaired) electrons. The zero-order chi connectivity index (χ0) is 19.8. The first-order valence-corrected chi connectivity index (χ1v) is 10.1. The Morgan fingerprint density at radius 1 is 1.14 bits per heavy atom. The normalized spacial score (nSPS) is 11.3. The van der Waals surface area contributed by atoms with Gasteiger partial charge in [0.25, 0.3) is 5.56 Å². The first-order chi connectivity index (χ1) is 13.4. The van der Waals surface area contributed by atoms with Gasteiger partial charge in [0.05, 0.1) is 22.3 Å². The van der Waals surface area contributed by atoms with Crippen molar-refractivity contribution in [2.24, 2.45) is 0 Å². The lowest BCUT2D eigenvalue weighted by Gasteiger charge is -2.14. The van der Waals surface area contributed by atoms with Gasteiger partial charge in [0.1, 0.15) is 5.76 Å². The first-order valence-electron chi connectivity index (χ1n) is 8.78. The van der Waals surface area contributed by atoms with E-state index in [9.17, 15) is 4.79 Å². The number of aromatic nitrogens is 3. The molecule has 0 atom stereocenters. The van der Waals surface area contributed by atoms with Crippen molar-refractivity contribution in [1.82, 2.24) is 14.7 Å². The Bertz CT molecular complexity index is 1230. The minimum Gasteiger partial charge on any atom is -0.361 e. The molecule has 5 nitrogen and oxygen atoms in total. The maximum atomic E-state index is 13.3. The highest BCUT2D eigenvalue weighted by molar-refractivity contribution is 7.98. The minimum atomic E-state index is -0.117. The number of nitrogens with zero attached hydrogens (tertiary/aromatic N) is 3. The van der Waals surface area contributed by atoms with Gasteiger partial charge in [-0.05, 0) is 56.7 Å².